The van der Waals surface area contributed by atoms with E-state index in [9.17, 15) is 18.8 Å². The lowest BCUT2D eigenvalue weighted by atomic mass is 9.94. The maximum Gasteiger partial charge on any atom is 0.246 e. The first kappa shape index (κ1) is 21.0. The zero-order chi connectivity index (χ0) is 22.0. The number of amides is 3. The van der Waals surface area contributed by atoms with Crippen molar-refractivity contribution < 1.29 is 23.3 Å². The van der Waals surface area contributed by atoms with E-state index in [1.165, 1.54) is 17.0 Å². The summed E-state index contributed by atoms with van der Waals surface area (Å²) in [6, 6.07) is 5.68. The molecule has 3 amide bonds. The maximum atomic E-state index is 13.1. The molecule has 1 aromatic heterocycles. The number of carbonyl (C=O) groups excluding carboxylic acids is 3. The number of nitrogens with zero attached hydrogens (tertiary/aromatic N) is 4. The molecular formula is C21H24FN5O4. The molecule has 1 atom stereocenters. The van der Waals surface area contributed by atoms with Crippen molar-refractivity contribution in [2.75, 3.05) is 24.5 Å². The topological polar surface area (TPSA) is 109 Å². The Balaban J connectivity index is 1.26. The highest BCUT2D eigenvalue weighted by Crippen LogP contribution is 2.28. The molecule has 4 rings (SSSR count). The van der Waals surface area contributed by atoms with E-state index in [2.05, 4.69) is 15.5 Å². The minimum absolute atomic E-state index is 0.0712. The number of nitrogens with one attached hydrogen (secondary N) is 1. The van der Waals surface area contributed by atoms with Gasteiger partial charge in [0.1, 0.15) is 5.82 Å². The van der Waals surface area contributed by atoms with E-state index >= 15 is 0 Å². The molecule has 0 bridgehead atoms. The van der Waals surface area contributed by atoms with Crippen LogP contribution in [0.1, 0.15) is 31.0 Å². The van der Waals surface area contributed by atoms with Gasteiger partial charge in [-0.1, -0.05) is 5.16 Å². The summed E-state index contributed by atoms with van der Waals surface area (Å²) in [6.07, 6.45) is 1.26. The Kier molecular flexibility index (Phi) is 5.97. The molecule has 2 saturated heterocycles. The van der Waals surface area contributed by atoms with E-state index in [1.807, 2.05) is 0 Å². The highest BCUT2D eigenvalue weighted by Gasteiger charge is 2.38. The Hall–Kier alpha value is -3.30. The van der Waals surface area contributed by atoms with Crippen LogP contribution >= 0.6 is 0 Å². The van der Waals surface area contributed by atoms with E-state index < -0.39 is 5.92 Å². The van der Waals surface area contributed by atoms with E-state index in [0.717, 1.165) is 0 Å². The number of hydrogen-bond donors (Lipinski definition) is 1. The average molecular weight is 429 g/mol. The molecule has 1 N–H and O–H groups in total. The van der Waals surface area contributed by atoms with Crippen LogP contribution in [0.5, 0.6) is 0 Å². The standard InChI is InChI=1S/C21H24FN5O4/c1-13-24-18(31-25-13)11-23-20(29)14-6-8-26(9-7-14)21(30)15-10-19(28)27(12-15)17-4-2-16(22)3-5-17/h2-5,14-15H,6-12H2,1H3,(H,23,29). The van der Waals surface area contributed by atoms with Crippen LogP contribution in [-0.2, 0) is 20.9 Å². The van der Waals surface area contributed by atoms with Gasteiger partial charge in [0.15, 0.2) is 5.82 Å². The Labute approximate surface area is 178 Å². The SMILES string of the molecule is Cc1noc(CNC(=O)C2CCN(C(=O)C3CC(=O)N(c4ccc(F)cc4)C3)CC2)n1. The van der Waals surface area contributed by atoms with Gasteiger partial charge in [-0.25, -0.2) is 4.39 Å². The van der Waals surface area contributed by atoms with Gasteiger partial charge in [0.2, 0.25) is 23.6 Å². The Morgan fingerprint density at radius 2 is 1.90 bits per heavy atom. The van der Waals surface area contributed by atoms with Crippen molar-refractivity contribution in [1.82, 2.24) is 20.4 Å². The van der Waals surface area contributed by atoms with Gasteiger partial charge in [-0.05, 0) is 44.0 Å². The van der Waals surface area contributed by atoms with Crippen molar-refractivity contribution in [1.29, 1.82) is 0 Å². The maximum absolute atomic E-state index is 13.1. The molecule has 2 aliphatic heterocycles. The number of hydrogen-bond acceptors (Lipinski definition) is 6. The molecule has 9 nitrogen and oxygen atoms in total. The van der Waals surface area contributed by atoms with Crippen LogP contribution < -0.4 is 10.2 Å². The normalized spacial score (nSPS) is 19.7. The molecule has 10 heteroatoms. The number of carbonyl (C=O) groups is 3. The van der Waals surface area contributed by atoms with Crippen LogP contribution in [0.25, 0.3) is 0 Å². The number of rotatable bonds is 5. The van der Waals surface area contributed by atoms with Gasteiger partial charge in [-0.2, -0.15) is 4.98 Å². The third kappa shape index (κ3) is 4.73. The van der Waals surface area contributed by atoms with E-state index in [-0.39, 0.29) is 49.0 Å². The van der Waals surface area contributed by atoms with E-state index in [1.54, 1.807) is 24.0 Å². The highest BCUT2D eigenvalue weighted by atomic mass is 19.1. The van der Waals surface area contributed by atoms with Crippen molar-refractivity contribution in [3.8, 4) is 0 Å². The van der Waals surface area contributed by atoms with Crippen LogP contribution in [0.3, 0.4) is 0 Å². The second-order valence-electron chi connectivity index (χ2n) is 7.93. The lowest BCUT2D eigenvalue weighted by molar-refractivity contribution is -0.139. The van der Waals surface area contributed by atoms with Gasteiger partial charge in [-0.3, -0.25) is 14.4 Å². The van der Waals surface area contributed by atoms with Crippen LogP contribution in [0.15, 0.2) is 28.8 Å². The van der Waals surface area contributed by atoms with Gasteiger partial charge in [0.05, 0.1) is 12.5 Å². The smallest absolute Gasteiger partial charge is 0.246 e. The van der Waals surface area contributed by atoms with Crippen LogP contribution in [-0.4, -0.2) is 52.4 Å². The Morgan fingerprint density at radius 3 is 2.55 bits per heavy atom. The first-order valence-corrected chi connectivity index (χ1v) is 10.3. The second-order valence-corrected chi connectivity index (χ2v) is 7.93. The van der Waals surface area contributed by atoms with E-state index in [0.29, 0.717) is 43.3 Å². The van der Waals surface area contributed by atoms with Crippen LogP contribution in [0, 0.1) is 24.6 Å². The van der Waals surface area contributed by atoms with Gasteiger partial charge < -0.3 is 19.6 Å². The van der Waals surface area contributed by atoms with Gasteiger partial charge in [0, 0.05) is 37.7 Å². The molecule has 1 aromatic carbocycles. The number of benzene rings is 1. The van der Waals surface area contributed by atoms with E-state index in [4.69, 9.17) is 4.52 Å². The summed E-state index contributed by atoms with van der Waals surface area (Å²) >= 11 is 0. The minimum Gasteiger partial charge on any atom is -0.347 e. The molecule has 164 valence electrons. The quantitative estimate of drug-likeness (QED) is 0.770. The summed E-state index contributed by atoms with van der Waals surface area (Å²) in [7, 11) is 0. The highest BCUT2D eigenvalue weighted by molar-refractivity contribution is 6.00. The first-order chi connectivity index (χ1) is 14.9. The summed E-state index contributed by atoms with van der Waals surface area (Å²) in [5.74, 6) is -0.426. The van der Waals surface area contributed by atoms with Crippen molar-refractivity contribution in [3.63, 3.8) is 0 Å². The Morgan fingerprint density at radius 1 is 1.19 bits per heavy atom. The molecule has 2 aromatic rings. The molecule has 2 aliphatic rings. The fourth-order valence-corrected chi connectivity index (χ4v) is 4.08. The molecular weight excluding hydrogens is 405 g/mol. The fourth-order valence-electron chi connectivity index (χ4n) is 4.08. The summed E-state index contributed by atoms with van der Waals surface area (Å²) in [4.78, 5) is 45.0. The minimum atomic E-state index is -0.427. The zero-order valence-electron chi connectivity index (χ0n) is 17.2. The third-order valence-corrected chi connectivity index (χ3v) is 5.77. The molecule has 0 aliphatic carbocycles. The largest absolute Gasteiger partial charge is 0.347 e. The number of anilines is 1. The number of aryl methyl sites for hydroxylation is 1. The molecule has 2 fully saturated rings. The Bertz CT molecular complexity index is 968. The van der Waals surface area contributed by atoms with Crippen LogP contribution in [0.2, 0.25) is 0 Å². The van der Waals surface area contributed by atoms with Gasteiger partial charge in [-0.15, -0.1) is 0 Å². The van der Waals surface area contributed by atoms with Crippen molar-refractivity contribution >= 4 is 23.4 Å². The summed E-state index contributed by atoms with van der Waals surface area (Å²) in [6.45, 7) is 3.11. The predicted octanol–water partition coefficient (Wildman–Crippen LogP) is 1.43. The van der Waals surface area contributed by atoms with Gasteiger partial charge in [0.25, 0.3) is 0 Å². The molecule has 0 spiro atoms. The lowest BCUT2D eigenvalue weighted by Gasteiger charge is -2.32. The summed E-state index contributed by atoms with van der Waals surface area (Å²) in [5, 5.41) is 6.48. The molecule has 0 saturated carbocycles. The molecule has 31 heavy (non-hydrogen) atoms. The van der Waals surface area contributed by atoms with Gasteiger partial charge >= 0.3 is 0 Å². The summed E-state index contributed by atoms with van der Waals surface area (Å²) < 4.78 is 18.1. The first-order valence-electron chi connectivity index (χ1n) is 10.3. The van der Waals surface area contributed by atoms with Crippen LogP contribution in [0.4, 0.5) is 10.1 Å². The monoisotopic (exact) mass is 429 g/mol. The number of aromatic nitrogens is 2. The fraction of sp³-hybridized carbons (Fsp3) is 0.476. The molecule has 1 unspecified atom stereocenters. The van der Waals surface area contributed by atoms with Crippen molar-refractivity contribution in [3.05, 3.63) is 41.8 Å². The number of piperidine rings is 1. The summed E-state index contributed by atoms with van der Waals surface area (Å²) in [5.41, 5.74) is 0.591. The third-order valence-electron chi connectivity index (χ3n) is 5.77. The van der Waals surface area contributed by atoms with Crippen molar-refractivity contribution in [2.24, 2.45) is 11.8 Å². The predicted molar refractivity (Wildman–Crippen MR) is 107 cm³/mol. The molecule has 3 heterocycles. The average Bonchev–Trinajstić information content (AvgIpc) is 3.37. The second kappa shape index (κ2) is 8.83. The zero-order valence-corrected chi connectivity index (χ0v) is 17.2. The lowest BCUT2D eigenvalue weighted by Crippen LogP contribution is -2.45. The number of likely N-dealkylation sites (tertiary alicyclic amines) is 1. The number of halogens is 1. The molecule has 0 radical (unpaired) electrons. The van der Waals surface area contributed by atoms with Crippen molar-refractivity contribution in [2.45, 2.75) is 32.7 Å².